The van der Waals surface area contributed by atoms with Gasteiger partial charge in [-0.15, -0.1) is 0 Å². The molecule has 186 valence electrons. The molecular formula is C25H27FN2O7. The highest BCUT2D eigenvalue weighted by atomic mass is 19.1. The zero-order valence-electron chi connectivity index (χ0n) is 19.8. The van der Waals surface area contributed by atoms with E-state index in [9.17, 15) is 4.79 Å². The van der Waals surface area contributed by atoms with Gasteiger partial charge in [0, 0.05) is 19.3 Å². The Morgan fingerprint density at radius 3 is 2.74 bits per heavy atom. The summed E-state index contributed by atoms with van der Waals surface area (Å²) in [5, 5.41) is 0. The van der Waals surface area contributed by atoms with Gasteiger partial charge in [0.05, 0.1) is 31.9 Å². The van der Waals surface area contributed by atoms with Gasteiger partial charge in [0.15, 0.2) is 18.8 Å². The highest BCUT2D eigenvalue weighted by molar-refractivity contribution is 5.92. The van der Waals surface area contributed by atoms with E-state index in [1.54, 1.807) is 12.1 Å². The van der Waals surface area contributed by atoms with E-state index in [1.807, 2.05) is 0 Å². The normalized spacial score (nSPS) is 15.7. The van der Waals surface area contributed by atoms with Crippen molar-refractivity contribution < 1.29 is 37.6 Å². The molecule has 0 radical (unpaired) electrons. The van der Waals surface area contributed by atoms with Gasteiger partial charge in [-0.25, -0.2) is 19.2 Å². The summed E-state index contributed by atoms with van der Waals surface area (Å²) < 4.78 is 47.7. The van der Waals surface area contributed by atoms with Crippen molar-refractivity contribution in [2.24, 2.45) is 0 Å². The molecule has 0 aliphatic carbocycles. The summed E-state index contributed by atoms with van der Waals surface area (Å²) in [6, 6.07) is 7.93. The van der Waals surface area contributed by atoms with E-state index in [1.165, 1.54) is 39.5 Å². The van der Waals surface area contributed by atoms with Crippen LogP contribution in [0.3, 0.4) is 0 Å². The summed E-state index contributed by atoms with van der Waals surface area (Å²) in [4.78, 5) is 21.2. The molecule has 2 heterocycles. The second kappa shape index (κ2) is 11.4. The van der Waals surface area contributed by atoms with E-state index >= 15 is 4.39 Å². The van der Waals surface area contributed by atoms with Crippen LogP contribution in [-0.2, 0) is 25.6 Å². The Bertz CT molecular complexity index is 1200. The first-order valence-corrected chi connectivity index (χ1v) is 11.2. The van der Waals surface area contributed by atoms with Crippen molar-refractivity contribution in [3.05, 3.63) is 47.3 Å². The van der Waals surface area contributed by atoms with Crippen molar-refractivity contribution in [2.45, 2.75) is 32.2 Å². The van der Waals surface area contributed by atoms with Crippen LogP contribution in [0.15, 0.2) is 30.3 Å². The van der Waals surface area contributed by atoms with Gasteiger partial charge in [-0.05, 0) is 49.1 Å². The first-order valence-electron chi connectivity index (χ1n) is 11.2. The molecule has 0 bridgehead atoms. The number of esters is 1. The molecule has 4 rings (SSSR count). The summed E-state index contributed by atoms with van der Waals surface area (Å²) in [6.45, 7) is 0.940. The minimum absolute atomic E-state index is 0.0274. The quantitative estimate of drug-likeness (QED) is 0.325. The molecular weight excluding hydrogens is 459 g/mol. The SMILES string of the molecule is COCOc1cc(COC2CCCCO2)cc2nc(OC)c(-c3cccc(C(=O)OC)c3F)nc12. The van der Waals surface area contributed by atoms with Crippen molar-refractivity contribution in [3.63, 3.8) is 0 Å². The number of methoxy groups -OCH3 is 3. The van der Waals surface area contributed by atoms with Crippen LogP contribution in [0.25, 0.3) is 22.3 Å². The number of carbonyl (C=O) groups is 1. The Hall–Kier alpha value is -3.34. The van der Waals surface area contributed by atoms with Gasteiger partial charge >= 0.3 is 5.97 Å². The van der Waals surface area contributed by atoms with Crippen LogP contribution in [-0.4, -0.2) is 57.0 Å². The third-order valence-corrected chi connectivity index (χ3v) is 5.52. The Morgan fingerprint density at radius 2 is 2.03 bits per heavy atom. The van der Waals surface area contributed by atoms with Gasteiger partial charge in [0.25, 0.3) is 0 Å². The van der Waals surface area contributed by atoms with Crippen LogP contribution >= 0.6 is 0 Å². The van der Waals surface area contributed by atoms with Crippen molar-refractivity contribution in [1.82, 2.24) is 9.97 Å². The minimum atomic E-state index is -0.798. The fraction of sp³-hybridized carbons (Fsp3) is 0.400. The Morgan fingerprint density at radius 1 is 1.17 bits per heavy atom. The van der Waals surface area contributed by atoms with Gasteiger partial charge in [0.1, 0.15) is 17.0 Å². The number of nitrogens with zero attached hydrogens (tertiary/aromatic N) is 2. The predicted molar refractivity (Wildman–Crippen MR) is 124 cm³/mol. The Balaban J connectivity index is 1.77. The smallest absolute Gasteiger partial charge is 0.340 e. The maximum atomic E-state index is 15.3. The summed E-state index contributed by atoms with van der Waals surface area (Å²) in [5.41, 5.74) is 1.57. The molecule has 0 spiro atoms. The molecule has 0 amide bonds. The lowest BCUT2D eigenvalue weighted by Crippen LogP contribution is -2.22. The zero-order chi connectivity index (χ0) is 24.8. The van der Waals surface area contributed by atoms with E-state index in [0.29, 0.717) is 23.4 Å². The van der Waals surface area contributed by atoms with E-state index in [2.05, 4.69) is 14.7 Å². The van der Waals surface area contributed by atoms with Crippen molar-refractivity contribution in [3.8, 4) is 22.9 Å². The molecule has 3 aromatic rings. The average molecular weight is 486 g/mol. The van der Waals surface area contributed by atoms with Gasteiger partial charge in [-0.2, -0.15) is 0 Å². The number of fused-ring (bicyclic) bond motifs is 1. The molecule has 1 atom stereocenters. The van der Waals surface area contributed by atoms with E-state index < -0.39 is 11.8 Å². The molecule has 1 aromatic heterocycles. The summed E-state index contributed by atoms with van der Waals surface area (Å²) >= 11 is 0. The summed E-state index contributed by atoms with van der Waals surface area (Å²) in [7, 11) is 4.10. The summed E-state index contributed by atoms with van der Waals surface area (Å²) in [5.74, 6) is -1.12. The molecule has 1 aliphatic rings. The van der Waals surface area contributed by atoms with E-state index in [4.69, 9.17) is 23.7 Å². The predicted octanol–water partition coefficient (Wildman–Crippen LogP) is 4.26. The molecule has 1 aliphatic heterocycles. The topological polar surface area (TPSA) is 98.2 Å². The van der Waals surface area contributed by atoms with Crippen molar-refractivity contribution >= 4 is 17.0 Å². The Kier molecular flexibility index (Phi) is 8.06. The molecule has 1 fully saturated rings. The monoisotopic (exact) mass is 486 g/mol. The van der Waals surface area contributed by atoms with Crippen LogP contribution in [0.2, 0.25) is 0 Å². The fourth-order valence-electron chi connectivity index (χ4n) is 3.82. The van der Waals surface area contributed by atoms with Crippen molar-refractivity contribution in [2.75, 3.05) is 34.7 Å². The van der Waals surface area contributed by atoms with Crippen LogP contribution < -0.4 is 9.47 Å². The molecule has 0 saturated carbocycles. The molecule has 1 saturated heterocycles. The largest absolute Gasteiger partial charge is 0.479 e. The third-order valence-electron chi connectivity index (χ3n) is 5.52. The molecule has 0 N–H and O–H groups in total. The van der Waals surface area contributed by atoms with E-state index in [0.717, 1.165) is 24.8 Å². The van der Waals surface area contributed by atoms with Crippen LogP contribution in [0.1, 0.15) is 35.2 Å². The van der Waals surface area contributed by atoms with Crippen LogP contribution in [0.5, 0.6) is 11.6 Å². The maximum absolute atomic E-state index is 15.3. The van der Waals surface area contributed by atoms with Crippen LogP contribution in [0, 0.1) is 5.82 Å². The van der Waals surface area contributed by atoms with Gasteiger partial charge < -0.3 is 28.4 Å². The molecule has 2 aromatic carbocycles. The number of ether oxygens (including phenoxy) is 6. The number of hydrogen-bond donors (Lipinski definition) is 0. The van der Waals surface area contributed by atoms with Gasteiger partial charge in [0.2, 0.25) is 5.88 Å². The second-order valence-corrected chi connectivity index (χ2v) is 7.86. The maximum Gasteiger partial charge on any atom is 0.340 e. The highest BCUT2D eigenvalue weighted by Gasteiger charge is 2.23. The Labute approximate surface area is 202 Å². The fourth-order valence-corrected chi connectivity index (χ4v) is 3.82. The highest BCUT2D eigenvalue weighted by Crippen LogP contribution is 2.35. The third kappa shape index (κ3) is 5.50. The lowest BCUT2D eigenvalue weighted by Gasteiger charge is -2.23. The van der Waals surface area contributed by atoms with Gasteiger partial charge in [-0.1, -0.05) is 6.07 Å². The number of carbonyl (C=O) groups excluding carboxylic acids is 1. The lowest BCUT2D eigenvalue weighted by molar-refractivity contribution is -0.168. The second-order valence-electron chi connectivity index (χ2n) is 7.86. The number of halogens is 1. The van der Waals surface area contributed by atoms with Crippen LogP contribution in [0.4, 0.5) is 4.39 Å². The van der Waals surface area contributed by atoms with E-state index in [-0.39, 0.29) is 42.4 Å². The molecule has 10 heteroatoms. The van der Waals surface area contributed by atoms with Crippen molar-refractivity contribution in [1.29, 1.82) is 0 Å². The molecule has 9 nitrogen and oxygen atoms in total. The number of benzene rings is 2. The molecule has 35 heavy (non-hydrogen) atoms. The minimum Gasteiger partial charge on any atom is -0.479 e. The number of rotatable bonds is 9. The van der Waals surface area contributed by atoms with Gasteiger partial charge in [-0.3, -0.25) is 0 Å². The lowest BCUT2D eigenvalue weighted by atomic mass is 10.1. The number of aromatic nitrogens is 2. The first kappa shape index (κ1) is 24.8. The summed E-state index contributed by atoms with van der Waals surface area (Å²) in [6.07, 6.45) is 2.68. The molecule has 1 unspecified atom stereocenters. The average Bonchev–Trinajstić information content (AvgIpc) is 2.90. The first-order chi connectivity index (χ1) is 17.0. The standard InChI is InChI=1S/C25H27FN2O7/c1-30-14-35-19-12-15(13-34-20-9-4-5-10-33-20)11-18-23(19)28-22(24(27-18)31-2)16-7-6-8-17(21(16)26)25(29)32-3/h6-8,11-12,20H,4-5,9-10,13-14H2,1-3H3. The zero-order valence-corrected chi connectivity index (χ0v) is 19.8. The number of hydrogen-bond acceptors (Lipinski definition) is 9.